The molecular weight excluding hydrogens is 292 g/mol. The van der Waals surface area contributed by atoms with Crippen molar-refractivity contribution >= 4 is 17.7 Å². The van der Waals surface area contributed by atoms with E-state index < -0.39 is 11.5 Å². The van der Waals surface area contributed by atoms with Gasteiger partial charge in [0.1, 0.15) is 6.04 Å². The summed E-state index contributed by atoms with van der Waals surface area (Å²) in [6.07, 6.45) is 7.68. The third-order valence-electron chi connectivity index (χ3n) is 4.48. The van der Waals surface area contributed by atoms with Crippen LogP contribution in [0.3, 0.4) is 0 Å². The van der Waals surface area contributed by atoms with E-state index in [1.54, 1.807) is 11.0 Å². The van der Waals surface area contributed by atoms with Crippen LogP contribution in [0.15, 0.2) is 36.1 Å². The number of hydrogen-bond acceptors (Lipinski definition) is 3. The molecular formula is C18H24N2O3. The van der Waals surface area contributed by atoms with Gasteiger partial charge in [-0.1, -0.05) is 32.6 Å². The van der Waals surface area contributed by atoms with Crippen molar-refractivity contribution in [3.63, 3.8) is 0 Å². The van der Waals surface area contributed by atoms with E-state index in [1.165, 1.54) is 0 Å². The monoisotopic (exact) mass is 316 g/mol. The Balaban J connectivity index is 0.000000924. The molecule has 0 radical (unpaired) electrons. The van der Waals surface area contributed by atoms with Crippen LogP contribution in [0.25, 0.3) is 0 Å². The smallest absolute Gasteiger partial charge is 0.249 e. The van der Waals surface area contributed by atoms with Crippen molar-refractivity contribution in [3.8, 4) is 0 Å². The van der Waals surface area contributed by atoms with Crippen LogP contribution >= 0.6 is 0 Å². The van der Waals surface area contributed by atoms with Crippen molar-refractivity contribution in [2.24, 2.45) is 5.41 Å². The SMILES string of the molecule is C=CC1=C(/C=C\C)N(C2CCC(=O)NC2=O)C(=O)C12CC2.CC. The minimum Gasteiger partial charge on any atom is -0.299 e. The van der Waals surface area contributed by atoms with Gasteiger partial charge in [-0.3, -0.25) is 24.6 Å². The summed E-state index contributed by atoms with van der Waals surface area (Å²) >= 11 is 0. The maximum absolute atomic E-state index is 12.8. The molecule has 0 aromatic carbocycles. The second kappa shape index (κ2) is 6.52. The van der Waals surface area contributed by atoms with E-state index >= 15 is 0 Å². The van der Waals surface area contributed by atoms with Gasteiger partial charge in [0.2, 0.25) is 17.7 Å². The molecule has 2 aliphatic heterocycles. The molecule has 2 heterocycles. The molecule has 3 rings (SSSR count). The van der Waals surface area contributed by atoms with Crippen LogP contribution < -0.4 is 5.32 Å². The van der Waals surface area contributed by atoms with Gasteiger partial charge >= 0.3 is 0 Å². The van der Waals surface area contributed by atoms with Crippen molar-refractivity contribution in [2.45, 2.75) is 52.5 Å². The molecule has 23 heavy (non-hydrogen) atoms. The first kappa shape index (κ1) is 17.2. The first-order valence-electron chi connectivity index (χ1n) is 8.22. The Labute approximate surface area is 137 Å². The summed E-state index contributed by atoms with van der Waals surface area (Å²) in [5.41, 5.74) is 1.19. The fourth-order valence-corrected chi connectivity index (χ4v) is 3.30. The fourth-order valence-electron chi connectivity index (χ4n) is 3.30. The Morgan fingerprint density at radius 1 is 1.26 bits per heavy atom. The third-order valence-corrected chi connectivity index (χ3v) is 4.48. The Morgan fingerprint density at radius 3 is 2.39 bits per heavy atom. The lowest BCUT2D eigenvalue weighted by molar-refractivity contribution is -0.144. The lowest BCUT2D eigenvalue weighted by atomic mass is 9.97. The van der Waals surface area contributed by atoms with Crippen molar-refractivity contribution in [1.82, 2.24) is 10.2 Å². The van der Waals surface area contributed by atoms with E-state index in [9.17, 15) is 14.4 Å². The molecule has 5 nitrogen and oxygen atoms in total. The summed E-state index contributed by atoms with van der Waals surface area (Å²) in [5, 5.41) is 2.33. The number of allylic oxidation sites excluding steroid dienone is 3. The molecule has 1 atom stereocenters. The van der Waals surface area contributed by atoms with Crippen LogP contribution in [0, 0.1) is 5.41 Å². The number of imide groups is 1. The van der Waals surface area contributed by atoms with Crippen LogP contribution in [-0.4, -0.2) is 28.7 Å². The first-order chi connectivity index (χ1) is 11.0. The van der Waals surface area contributed by atoms with E-state index in [-0.39, 0.29) is 24.1 Å². The average molecular weight is 316 g/mol. The largest absolute Gasteiger partial charge is 0.299 e. The lowest BCUT2D eigenvalue weighted by Gasteiger charge is -2.31. The summed E-state index contributed by atoms with van der Waals surface area (Å²) in [7, 11) is 0. The number of carbonyl (C=O) groups excluding carboxylic acids is 3. The van der Waals surface area contributed by atoms with Gasteiger partial charge < -0.3 is 0 Å². The van der Waals surface area contributed by atoms with Crippen molar-refractivity contribution < 1.29 is 14.4 Å². The zero-order valence-corrected chi connectivity index (χ0v) is 14.0. The van der Waals surface area contributed by atoms with E-state index in [1.807, 2.05) is 32.9 Å². The van der Waals surface area contributed by atoms with Gasteiger partial charge in [-0.15, -0.1) is 0 Å². The summed E-state index contributed by atoms with van der Waals surface area (Å²) < 4.78 is 0. The number of amides is 3. The molecule has 5 heteroatoms. The lowest BCUT2D eigenvalue weighted by Crippen LogP contribution is -2.53. The van der Waals surface area contributed by atoms with E-state index in [0.717, 1.165) is 24.1 Å². The highest BCUT2D eigenvalue weighted by Crippen LogP contribution is 2.59. The highest BCUT2D eigenvalue weighted by Gasteiger charge is 2.61. The predicted octanol–water partition coefficient (Wildman–Crippen LogP) is 2.46. The minimum atomic E-state index is -0.601. The zero-order valence-electron chi connectivity index (χ0n) is 14.0. The number of nitrogens with zero attached hydrogens (tertiary/aromatic N) is 1. The maximum Gasteiger partial charge on any atom is 0.249 e. The Bertz CT molecular complexity index is 612. The molecule has 1 N–H and O–H groups in total. The van der Waals surface area contributed by atoms with Crippen LogP contribution in [0.2, 0.25) is 0 Å². The first-order valence-corrected chi connectivity index (χ1v) is 8.22. The van der Waals surface area contributed by atoms with Gasteiger partial charge in [0.25, 0.3) is 0 Å². The molecule has 0 aromatic rings. The number of hydrogen-bond donors (Lipinski definition) is 1. The highest BCUT2D eigenvalue weighted by molar-refractivity contribution is 6.04. The number of carbonyl (C=O) groups is 3. The Morgan fingerprint density at radius 2 is 1.91 bits per heavy atom. The summed E-state index contributed by atoms with van der Waals surface area (Å²) in [6, 6.07) is -0.601. The molecule has 1 unspecified atom stereocenters. The molecule has 1 saturated carbocycles. The van der Waals surface area contributed by atoms with Crippen LogP contribution in [0.4, 0.5) is 0 Å². The second-order valence-electron chi connectivity index (χ2n) is 5.73. The standard InChI is InChI=1S/C16H18N2O3.C2H6/c1-3-5-11-10(4-2)16(8-9-16)15(21)18(11)12-6-7-13(19)17-14(12)20;1-2/h3-5,12H,2,6-9H2,1H3,(H,17,19,20);1-2H3/b5-3-;. The molecule has 1 aliphatic carbocycles. The van der Waals surface area contributed by atoms with E-state index in [2.05, 4.69) is 11.9 Å². The maximum atomic E-state index is 12.8. The molecule has 124 valence electrons. The van der Waals surface area contributed by atoms with Crippen LogP contribution in [0.1, 0.15) is 46.5 Å². The molecule has 1 saturated heterocycles. The summed E-state index contributed by atoms with van der Waals surface area (Å²) in [5.74, 6) is -0.688. The molecule has 0 aromatic heterocycles. The Kier molecular flexibility index (Phi) is 4.88. The van der Waals surface area contributed by atoms with Gasteiger partial charge in [-0.05, 0) is 37.8 Å². The van der Waals surface area contributed by atoms with Crippen molar-refractivity contribution in [1.29, 1.82) is 0 Å². The van der Waals surface area contributed by atoms with Gasteiger partial charge in [0, 0.05) is 12.1 Å². The Hall–Kier alpha value is -2.17. The van der Waals surface area contributed by atoms with Gasteiger partial charge in [-0.25, -0.2) is 0 Å². The zero-order chi connectivity index (χ0) is 17.2. The van der Waals surface area contributed by atoms with E-state index in [0.29, 0.717) is 6.42 Å². The number of nitrogens with one attached hydrogen (secondary N) is 1. The van der Waals surface area contributed by atoms with Crippen molar-refractivity contribution in [2.75, 3.05) is 0 Å². The summed E-state index contributed by atoms with van der Waals surface area (Å²) in [6.45, 7) is 9.70. The van der Waals surface area contributed by atoms with Crippen LogP contribution in [0.5, 0.6) is 0 Å². The molecule has 0 bridgehead atoms. The van der Waals surface area contributed by atoms with Crippen LogP contribution in [-0.2, 0) is 14.4 Å². The molecule has 3 amide bonds. The predicted molar refractivity (Wildman–Crippen MR) is 88.1 cm³/mol. The number of piperidine rings is 1. The molecule has 2 fully saturated rings. The quantitative estimate of drug-likeness (QED) is 0.813. The van der Waals surface area contributed by atoms with Gasteiger partial charge in [-0.2, -0.15) is 0 Å². The minimum absolute atomic E-state index is 0.0278. The topological polar surface area (TPSA) is 66.5 Å². The highest BCUT2D eigenvalue weighted by atomic mass is 16.2. The number of rotatable bonds is 3. The molecule has 1 spiro atoms. The summed E-state index contributed by atoms with van der Waals surface area (Å²) in [4.78, 5) is 37.8. The van der Waals surface area contributed by atoms with Gasteiger partial charge in [0.15, 0.2) is 0 Å². The van der Waals surface area contributed by atoms with E-state index in [4.69, 9.17) is 0 Å². The fraction of sp³-hybridized carbons (Fsp3) is 0.500. The normalized spacial score (nSPS) is 25.6. The second-order valence-corrected chi connectivity index (χ2v) is 5.73. The van der Waals surface area contributed by atoms with Crippen molar-refractivity contribution in [3.05, 3.63) is 36.1 Å². The third kappa shape index (κ3) is 2.64. The molecule has 3 aliphatic rings. The van der Waals surface area contributed by atoms with Gasteiger partial charge in [0.05, 0.1) is 5.41 Å². The average Bonchev–Trinajstić information content (AvgIpc) is 3.29.